The van der Waals surface area contributed by atoms with Crippen molar-refractivity contribution < 1.29 is 9.66 Å². The van der Waals surface area contributed by atoms with E-state index in [0.717, 1.165) is 11.1 Å². The van der Waals surface area contributed by atoms with Crippen LogP contribution in [-0.2, 0) is 0 Å². The van der Waals surface area contributed by atoms with Gasteiger partial charge < -0.3 is 10.1 Å². The fourth-order valence-electron chi connectivity index (χ4n) is 2.26. The Kier molecular flexibility index (Phi) is 4.99. The molecule has 1 N–H and O–H groups in total. The number of ether oxygens (including phenoxy) is 1. The first-order valence-corrected chi connectivity index (χ1v) is 8.09. The Bertz CT molecular complexity index is 961. The summed E-state index contributed by atoms with van der Waals surface area (Å²) < 4.78 is 5.61. The molecular weight excluding hydrogens is 356 g/mol. The molecule has 3 aromatic rings. The topological polar surface area (TPSA) is 90.2 Å². The Balaban J connectivity index is 1.96. The van der Waals surface area contributed by atoms with Crippen LogP contribution >= 0.6 is 11.6 Å². The summed E-state index contributed by atoms with van der Waals surface area (Å²) in [4.78, 5) is 18.9. The second kappa shape index (κ2) is 7.37. The van der Waals surface area contributed by atoms with Crippen molar-refractivity contribution in [3.8, 4) is 11.6 Å². The first-order valence-electron chi connectivity index (χ1n) is 7.71. The van der Waals surface area contributed by atoms with Crippen molar-refractivity contribution in [1.29, 1.82) is 0 Å². The first-order chi connectivity index (χ1) is 12.4. The van der Waals surface area contributed by atoms with Gasteiger partial charge in [0, 0.05) is 10.7 Å². The van der Waals surface area contributed by atoms with Gasteiger partial charge in [0.25, 0.3) is 0 Å². The van der Waals surface area contributed by atoms with Gasteiger partial charge in [-0.05, 0) is 49.7 Å². The van der Waals surface area contributed by atoms with Gasteiger partial charge in [-0.25, -0.2) is 4.98 Å². The van der Waals surface area contributed by atoms with Crippen molar-refractivity contribution in [3.05, 3.63) is 75.1 Å². The zero-order valence-electron chi connectivity index (χ0n) is 14.1. The number of aromatic nitrogens is 2. The van der Waals surface area contributed by atoms with E-state index in [-0.39, 0.29) is 17.4 Å². The molecule has 0 unspecified atom stereocenters. The number of halogens is 1. The summed E-state index contributed by atoms with van der Waals surface area (Å²) in [5.74, 6) is 0.297. The number of hydrogen-bond acceptors (Lipinski definition) is 6. The van der Waals surface area contributed by atoms with Crippen molar-refractivity contribution >= 4 is 28.8 Å². The molecular formula is C18H15ClN4O3. The lowest BCUT2D eigenvalue weighted by molar-refractivity contribution is -0.385. The number of nitro groups is 1. The van der Waals surface area contributed by atoms with Crippen molar-refractivity contribution in [2.45, 2.75) is 13.8 Å². The smallest absolute Gasteiger partial charge is 0.373 e. The normalized spacial score (nSPS) is 10.4. The molecule has 1 aromatic heterocycles. The van der Waals surface area contributed by atoms with Crippen molar-refractivity contribution in [1.82, 2.24) is 9.97 Å². The number of hydrogen-bond donors (Lipinski definition) is 1. The van der Waals surface area contributed by atoms with E-state index in [1.165, 1.54) is 6.33 Å². The summed E-state index contributed by atoms with van der Waals surface area (Å²) in [5, 5.41) is 15.1. The average molecular weight is 371 g/mol. The van der Waals surface area contributed by atoms with Gasteiger partial charge in [-0.3, -0.25) is 10.1 Å². The molecule has 0 amide bonds. The van der Waals surface area contributed by atoms with Crippen molar-refractivity contribution in [2.24, 2.45) is 0 Å². The van der Waals surface area contributed by atoms with Crippen LogP contribution in [0.1, 0.15) is 11.1 Å². The van der Waals surface area contributed by atoms with Gasteiger partial charge in [0.1, 0.15) is 12.1 Å². The predicted octanol–water partition coefficient (Wildman–Crippen LogP) is 5.19. The third kappa shape index (κ3) is 3.89. The minimum atomic E-state index is -0.575. The summed E-state index contributed by atoms with van der Waals surface area (Å²) >= 11 is 5.99. The SMILES string of the molecule is Cc1ccc(Nc2ncnc(Oc3ccc(Cl)c(C)c3)c2[N+](=O)[O-])cc1. The van der Waals surface area contributed by atoms with Crippen LogP contribution in [0.4, 0.5) is 17.2 Å². The van der Waals surface area contributed by atoms with Crippen LogP contribution in [0.15, 0.2) is 48.8 Å². The summed E-state index contributed by atoms with van der Waals surface area (Å²) in [6.45, 7) is 3.77. The van der Waals surface area contributed by atoms with Crippen LogP contribution in [0, 0.1) is 24.0 Å². The lowest BCUT2D eigenvalue weighted by Crippen LogP contribution is -2.03. The molecule has 26 heavy (non-hydrogen) atoms. The zero-order chi connectivity index (χ0) is 18.7. The molecule has 0 bridgehead atoms. The van der Waals surface area contributed by atoms with Gasteiger partial charge in [0.2, 0.25) is 5.82 Å². The Labute approximate surface area is 154 Å². The van der Waals surface area contributed by atoms with Gasteiger partial charge in [0.15, 0.2) is 0 Å². The van der Waals surface area contributed by atoms with Gasteiger partial charge >= 0.3 is 11.6 Å². The first kappa shape index (κ1) is 17.6. The molecule has 7 nitrogen and oxygen atoms in total. The maximum atomic E-state index is 11.6. The molecule has 0 radical (unpaired) electrons. The van der Waals surface area contributed by atoms with E-state index >= 15 is 0 Å². The molecule has 0 atom stereocenters. The van der Waals surface area contributed by atoms with E-state index in [1.54, 1.807) is 18.2 Å². The maximum Gasteiger partial charge on any atom is 0.373 e. The quantitative estimate of drug-likeness (QED) is 0.491. The number of benzene rings is 2. The minimum Gasteiger partial charge on any atom is -0.434 e. The third-order valence-corrected chi connectivity index (χ3v) is 4.05. The van der Waals surface area contributed by atoms with E-state index in [1.807, 2.05) is 38.1 Å². The number of nitrogens with zero attached hydrogens (tertiary/aromatic N) is 3. The predicted molar refractivity (Wildman–Crippen MR) is 99.4 cm³/mol. The number of anilines is 2. The fraction of sp³-hybridized carbons (Fsp3) is 0.111. The van der Waals surface area contributed by atoms with Crippen LogP contribution in [0.5, 0.6) is 11.6 Å². The molecule has 0 saturated carbocycles. The average Bonchev–Trinajstić information content (AvgIpc) is 2.60. The van der Waals surface area contributed by atoms with Crippen LogP contribution in [0.2, 0.25) is 5.02 Å². The summed E-state index contributed by atoms with van der Waals surface area (Å²) in [7, 11) is 0. The summed E-state index contributed by atoms with van der Waals surface area (Å²) in [6.07, 6.45) is 1.21. The van der Waals surface area contributed by atoms with Crippen LogP contribution in [-0.4, -0.2) is 14.9 Å². The molecule has 0 aliphatic carbocycles. The Morgan fingerprint density at radius 3 is 2.50 bits per heavy atom. The van der Waals surface area contributed by atoms with E-state index in [0.29, 0.717) is 16.5 Å². The largest absolute Gasteiger partial charge is 0.434 e. The molecule has 2 aromatic carbocycles. The molecule has 0 saturated heterocycles. The molecule has 0 fully saturated rings. The molecule has 0 aliphatic heterocycles. The molecule has 1 heterocycles. The minimum absolute atomic E-state index is 0.0505. The van der Waals surface area contributed by atoms with Crippen molar-refractivity contribution in [2.75, 3.05) is 5.32 Å². The summed E-state index contributed by atoms with van der Waals surface area (Å²) in [5.41, 5.74) is 2.19. The maximum absolute atomic E-state index is 11.6. The van der Waals surface area contributed by atoms with Gasteiger partial charge in [-0.15, -0.1) is 0 Å². The molecule has 0 spiro atoms. The lowest BCUT2D eigenvalue weighted by atomic mass is 10.2. The highest BCUT2D eigenvalue weighted by Gasteiger charge is 2.25. The molecule has 0 aliphatic rings. The van der Waals surface area contributed by atoms with Crippen molar-refractivity contribution in [3.63, 3.8) is 0 Å². The molecule has 132 valence electrons. The Hall–Kier alpha value is -3.19. The number of nitrogens with one attached hydrogen (secondary N) is 1. The van der Waals surface area contributed by atoms with Crippen LogP contribution < -0.4 is 10.1 Å². The second-order valence-corrected chi connectivity index (χ2v) is 6.04. The van der Waals surface area contributed by atoms with E-state index in [4.69, 9.17) is 16.3 Å². The second-order valence-electron chi connectivity index (χ2n) is 5.64. The Morgan fingerprint density at radius 1 is 1.12 bits per heavy atom. The van der Waals surface area contributed by atoms with Crippen LogP contribution in [0.25, 0.3) is 0 Å². The lowest BCUT2D eigenvalue weighted by Gasteiger charge is -2.10. The zero-order valence-corrected chi connectivity index (χ0v) is 14.8. The number of aryl methyl sites for hydroxylation is 2. The highest BCUT2D eigenvalue weighted by molar-refractivity contribution is 6.31. The Morgan fingerprint density at radius 2 is 1.85 bits per heavy atom. The fourth-order valence-corrected chi connectivity index (χ4v) is 2.38. The molecule has 8 heteroatoms. The highest BCUT2D eigenvalue weighted by atomic mass is 35.5. The molecule has 3 rings (SSSR count). The number of rotatable bonds is 5. The summed E-state index contributed by atoms with van der Waals surface area (Å²) in [6, 6.07) is 12.4. The third-order valence-electron chi connectivity index (χ3n) is 3.63. The van der Waals surface area contributed by atoms with Gasteiger partial charge in [0.05, 0.1) is 4.92 Å². The van der Waals surface area contributed by atoms with Gasteiger partial charge in [-0.2, -0.15) is 4.98 Å². The van der Waals surface area contributed by atoms with E-state index in [9.17, 15) is 10.1 Å². The monoisotopic (exact) mass is 370 g/mol. The standard InChI is InChI=1S/C18H15ClN4O3/c1-11-3-5-13(6-4-11)22-17-16(23(24)25)18(21-10-20-17)26-14-7-8-15(19)12(2)9-14/h3-10H,1-2H3,(H,20,21,22). The van der Waals surface area contributed by atoms with E-state index < -0.39 is 4.92 Å². The van der Waals surface area contributed by atoms with Crippen LogP contribution in [0.3, 0.4) is 0 Å². The van der Waals surface area contributed by atoms with E-state index in [2.05, 4.69) is 15.3 Å². The highest BCUT2D eigenvalue weighted by Crippen LogP contribution is 2.36. The van der Waals surface area contributed by atoms with Gasteiger partial charge in [-0.1, -0.05) is 29.3 Å².